The van der Waals surface area contributed by atoms with Crippen molar-refractivity contribution in [1.82, 2.24) is 0 Å². The average Bonchev–Trinajstić information content (AvgIpc) is 2.27. The summed E-state index contributed by atoms with van der Waals surface area (Å²) in [4.78, 5) is 0. The van der Waals surface area contributed by atoms with Gasteiger partial charge in [0.25, 0.3) is 0 Å². The molecule has 0 radical (unpaired) electrons. The van der Waals surface area contributed by atoms with E-state index in [4.69, 9.17) is 15.2 Å². The van der Waals surface area contributed by atoms with Crippen LogP contribution in [0.3, 0.4) is 0 Å². The summed E-state index contributed by atoms with van der Waals surface area (Å²) in [6.07, 6.45) is 0.883. The highest BCUT2D eigenvalue weighted by Crippen LogP contribution is 2.35. The smallest absolute Gasteiger partial charge is 0.161 e. The molecule has 1 aromatic carbocycles. The Balaban J connectivity index is 0.00000225. The van der Waals surface area contributed by atoms with E-state index in [9.17, 15) is 0 Å². The van der Waals surface area contributed by atoms with Crippen molar-refractivity contribution >= 4 is 28.3 Å². The van der Waals surface area contributed by atoms with Crippen molar-refractivity contribution in [3.63, 3.8) is 0 Å². The van der Waals surface area contributed by atoms with Crippen LogP contribution in [0.15, 0.2) is 16.6 Å². The van der Waals surface area contributed by atoms with Gasteiger partial charge >= 0.3 is 0 Å². The Kier molecular flexibility index (Phi) is 6.79. The molecule has 1 atom stereocenters. The molecule has 0 unspecified atom stereocenters. The van der Waals surface area contributed by atoms with E-state index in [1.54, 1.807) is 14.2 Å². The lowest BCUT2D eigenvalue weighted by molar-refractivity contribution is 0.354. The minimum Gasteiger partial charge on any atom is -0.493 e. The third-order valence-corrected chi connectivity index (χ3v) is 3.03. The molecular weight excluding hydrogens is 293 g/mol. The second-order valence-corrected chi connectivity index (χ2v) is 4.10. The van der Waals surface area contributed by atoms with Crippen molar-refractivity contribution in [3.8, 4) is 11.5 Å². The fourth-order valence-electron chi connectivity index (χ4n) is 1.37. The van der Waals surface area contributed by atoms with Gasteiger partial charge < -0.3 is 15.2 Å². The molecule has 0 spiro atoms. The van der Waals surface area contributed by atoms with Crippen LogP contribution in [0.4, 0.5) is 0 Å². The molecule has 0 amide bonds. The molecule has 0 bridgehead atoms. The highest BCUT2D eigenvalue weighted by molar-refractivity contribution is 9.10. The summed E-state index contributed by atoms with van der Waals surface area (Å²) in [7, 11) is 3.23. The van der Waals surface area contributed by atoms with Crippen molar-refractivity contribution in [3.05, 3.63) is 22.2 Å². The zero-order valence-corrected chi connectivity index (χ0v) is 12.0. The Labute approximate surface area is 111 Å². The summed E-state index contributed by atoms with van der Waals surface area (Å²) < 4.78 is 11.4. The lowest BCUT2D eigenvalue weighted by Crippen LogP contribution is -2.09. The highest BCUT2D eigenvalue weighted by atomic mass is 79.9. The maximum Gasteiger partial charge on any atom is 0.161 e. The molecule has 0 saturated heterocycles. The summed E-state index contributed by atoms with van der Waals surface area (Å²) in [5.41, 5.74) is 7.02. The fourth-order valence-corrected chi connectivity index (χ4v) is 1.99. The molecule has 0 saturated carbocycles. The Morgan fingerprint density at radius 1 is 1.25 bits per heavy atom. The molecule has 0 fully saturated rings. The number of rotatable bonds is 4. The second-order valence-electron chi connectivity index (χ2n) is 3.24. The van der Waals surface area contributed by atoms with Crippen LogP contribution in [0.25, 0.3) is 0 Å². The van der Waals surface area contributed by atoms with Crippen LogP contribution < -0.4 is 15.2 Å². The van der Waals surface area contributed by atoms with E-state index < -0.39 is 0 Å². The number of hydrogen-bond donors (Lipinski definition) is 1. The summed E-state index contributed by atoms with van der Waals surface area (Å²) in [6, 6.07) is 3.81. The monoisotopic (exact) mass is 309 g/mol. The molecule has 1 aromatic rings. The molecule has 0 aromatic heterocycles. The van der Waals surface area contributed by atoms with Crippen LogP contribution in [0.1, 0.15) is 24.9 Å². The molecule has 1 rings (SSSR count). The van der Waals surface area contributed by atoms with Gasteiger partial charge in [-0.05, 0) is 24.1 Å². The predicted molar refractivity (Wildman–Crippen MR) is 71.7 cm³/mol. The van der Waals surface area contributed by atoms with Gasteiger partial charge in [0.2, 0.25) is 0 Å². The normalized spacial score (nSPS) is 11.6. The summed E-state index contributed by atoms with van der Waals surface area (Å²) in [5, 5.41) is 0. The average molecular weight is 311 g/mol. The van der Waals surface area contributed by atoms with Gasteiger partial charge in [0.15, 0.2) is 11.5 Å². The highest BCUT2D eigenvalue weighted by Gasteiger charge is 2.13. The molecule has 0 heterocycles. The summed E-state index contributed by atoms with van der Waals surface area (Å²) in [5.74, 6) is 1.41. The molecule has 0 aliphatic carbocycles. The number of benzene rings is 1. The van der Waals surface area contributed by atoms with E-state index in [-0.39, 0.29) is 18.4 Å². The zero-order chi connectivity index (χ0) is 11.4. The van der Waals surface area contributed by atoms with Crippen molar-refractivity contribution in [2.75, 3.05) is 14.2 Å². The van der Waals surface area contributed by atoms with Crippen LogP contribution in [-0.2, 0) is 0 Å². The molecule has 16 heavy (non-hydrogen) atoms. The van der Waals surface area contributed by atoms with Crippen LogP contribution in [-0.4, -0.2) is 14.2 Å². The van der Waals surface area contributed by atoms with Gasteiger partial charge in [-0.15, -0.1) is 12.4 Å². The van der Waals surface area contributed by atoms with Gasteiger partial charge in [-0.3, -0.25) is 0 Å². The molecule has 0 aliphatic rings. The van der Waals surface area contributed by atoms with E-state index in [2.05, 4.69) is 15.9 Å². The van der Waals surface area contributed by atoms with E-state index >= 15 is 0 Å². The maximum absolute atomic E-state index is 5.98. The first-order valence-electron chi connectivity index (χ1n) is 4.81. The Morgan fingerprint density at radius 2 is 1.75 bits per heavy atom. The van der Waals surface area contributed by atoms with Gasteiger partial charge in [0.05, 0.1) is 14.2 Å². The molecule has 2 N–H and O–H groups in total. The number of nitrogens with two attached hydrogens (primary N) is 1. The number of halogens is 2. The quantitative estimate of drug-likeness (QED) is 0.928. The summed E-state index contributed by atoms with van der Waals surface area (Å²) >= 11 is 3.48. The van der Waals surface area contributed by atoms with Gasteiger partial charge in [-0.1, -0.05) is 22.9 Å². The largest absolute Gasteiger partial charge is 0.493 e. The van der Waals surface area contributed by atoms with Crippen molar-refractivity contribution in [2.45, 2.75) is 19.4 Å². The van der Waals surface area contributed by atoms with Gasteiger partial charge in [0.1, 0.15) is 0 Å². The summed E-state index contributed by atoms with van der Waals surface area (Å²) in [6.45, 7) is 2.05. The first-order chi connectivity index (χ1) is 7.13. The standard InChI is InChI=1S/C11H16BrNO2.ClH/c1-4-9(13)7-5-10(14-2)11(15-3)6-8(7)12;/h5-6,9H,4,13H2,1-3H3;1H/t9-;/m1./s1. The van der Waals surface area contributed by atoms with Crippen LogP contribution in [0.2, 0.25) is 0 Å². The van der Waals surface area contributed by atoms with Crippen LogP contribution in [0.5, 0.6) is 11.5 Å². The topological polar surface area (TPSA) is 44.5 Å². The lowest BCUT2D eigenvalue weighted by atomic mass is 10.1. The third kappa shape index (κ3) is 3.27. The van der Waals surface area contributed by atoms with Crippen molar-refractivity contribution < 1.29 is 9.47 Å². The lowest BCUT2D eigenvalue weighted by Gasteiger charge is -2.15. The van der Waals surface area contributed by atoms with Crippen LogP contribution >= 0.6 is 28.3 Å². The SMILES string of the molecule is CC[C@@H](N)c1cc(OC)c(OC)cc1Br.Cl. The Hall–Kier alpha value is -0.450. The molecule has 92 valence electrons. The van der Waals surface area contributed by atoms with Crippen LogP contribution in [0, 0.1) is 0 Å². The Bertz CT molecular complexity index is 347. The molecule has 0 aliphatic heterocycles. The molecule has 5 heteroatoms. The van der Waals surface area contributed by atoms with Gasteiger partial charge in [-0.2, -0.15) is 0 Å². The zero-order valence-electron chi connectivity index (χ0n) is 9.62. The third-order valence-electron chi connectivity index (χ3n) is 2.34. The van der Waals surface area contributed by atoms with Gasteiger partial charge in [-0.25, -0.2) is 0 Å². The van der Waals surface area contributed by atoms with E-state index in [1.165, 1.54) is 0 Å². The molecule has 3 nitrogen and oxygen atoms in total. The van der Waals surface area contributed by atoms with Gasteiger partial charge in [0, 0.05) is 10.5 Å². The van der Waals surface area contributed by atoms with Crippen molar-refractivity contribution in [1.29, 1.82) is 0 Å². The predicted octanol–water partition coefficient (Wildman–Crippen LogP) is 3.30. The second kappa shape index (κ2) is 6.99. The Morgan fingerprint density at radius 3 is 2.19 bits per heavy atom. The first-order valence-corrected chi connectivity index (χ1v) is 5.60. The van der Waals surface area contributed by atoms with E-state index in [0.717, 1.165) is 16.5 Å². The first kappa shape index (κ1) is 15.5. The number of methoxy groups -OCH3 is 2. The minimum absolute atomic E-state index is 0. The fraction of sp³-hybridized carbons (Fsp3) is 0.455. The number of hydrogen-bond acceptors (Lipinski definition) is 3. The minimum atomic E-state index is 0. The maximum atomic E-state index is 5.98. The van der Waals surface area contributed by atoms with Crippen molar-refractivity contribution in [2.24, 2.45) is 5.73 Å². The van der Waals surface area contributed by atoms with E-state index in [0.29, 0.717) is 11.5 Å². The number of ether oxygens (including phenoxy) is 2. The van der Waals surface area contributed by atoms with E-state index in [1.807, 2.05) is 19.1 Å². The molecular formula is C11H17BrClNO2.